The fraction of sp³-hybridized carbons (Fsp3) is 0.250. The summed E-state index contributed by atoms with van der Waals surface area (Å²) in [5, 5.41) is 13.6. The molecule has 0 radical (unpaired) electrons. The third-order valence-corrected chi connectivity index (χ3v) is 5.21. The number of ketones is 1. The summed E-state index contributed by atoms with van der Waals surface area (Å²) in [5.41, 5.74) is 1.29. The molecule has 0 saturated carbocycles. The van der Waals surface area contributed by atoms with E-state index in [-0.39, 0.29) is 5.56 Å². The lowest BCUT2D eigenvalue weighted by Gasteiger charge is -2.09. The number of nitriles is 1. The molecule has 3 aromatic rings. The Labute approximate surface area is 155 Å². The maximum atomic E-state index is 13.9. The second-order valence-corrected chi connectivity index (χ2v) is 7.14. The van der Waals surface area contributed by atoms with Crippen molar-refractivity contribution in [2.24, 2.45) is 0 Å². The zero-order chi connectivity index (χ0) is 18.7. The first-order valence-electron chi connectivity index (χ1n) is 8.38. The van der Waals surface area contributed by atoms with Crippen molar-refractivity contribution in [1.82, 2.24) is 4.98 Å². The summed E-state index contributed by atoms with van der Waals surface area (Å²) in [6, 6.07) is 13.3. The van der Waals surface area contributed by atoms with Gasteiger partial charge in [0.15, 0.2) is 10.9 Å². The van der Waals surface area contributed by atoms with E-state index in [1.54, 1.807) is 24.3 Å². The minimum atomic E-state index is -1.05. The van der Waals surface area contributed by atoms with Gasteiger partial charge in [-0.1, -0.05) is 36.5 Å². The lowest BCUT2D eigenvalue weighted by molar-refractivity contribution is 0.0975. The van der Waals surface area contributed by atoms with Crippen LogP contribution in [0.15, 0.2) is 42.5 Å². The van der Waals surface area contributed by atoms with Crippen molar-refractivity contribution in [2.45, 2.75) is 32.2 Å². The molecule has 0 amide bonds. The van der Waals surface area contributed by atoms with E-state index in [1.165, 1.54) is 29.5 Å². The molecule has 0 saturated heterocycles. The molecule has 0 bridgehead atoms. The van der Waals surface area contributed by atoms with Crippen LogP contribution in [0.5, 0.6) is 0 Å². The van der Waals surface area contributed by atoms with Gasteiger partial charge in [-0.2, -0.15) is 5.26 Å². The lowest BCUT2D eigenvalue weighted by Crippen LogP contribution is -2.12. The van der Waals surface area contributed by atoms with Crippen molar-refractivity contribution in [3.8, 4) is 6.07 Å². The Bertz CT molecular complexity index is 992. The molecule has 4 nitrogen and oxygen atoms in total. The summed E-state index contributed by atoms with van der Waals surface area (Å²) in [6.07, 6.45) is 0.981. The zero-order valence-electron chi connectivity index (χ0n) is 14.5. The number of anilines is 1. The number of carbonyl (C=O) groups excluding carboxylic acids is 1. The molecular weight excluding hydrogens is 349 g/mol. The molecule has 0 fully saturated rings. The second kappa shape index (κ2) is 7.63. The molecule has 6 heteroatoms. The lowest BCUT2D eigenvalue weighted by atomic mass is 9.91. The first-order chi connectivity index (χ1) is 12.5. The SMILES string of the molecule is CCC(C)Nc1nc2ccc(C(C#N)C(=O)c3ccccc3F)cc2s1. The van der Waals surface area contributed by atoms with E-state index in [0.29, 0.717) is 11.6 Å². The predicted molar refractivity (Wildman–Crippen MR) is 102 cm³/mol. The smallest absolute Gasteiger partial charge is 0.187 e. The van der Waals surface area contributed by atoms with E-state index in [0.717, 1.165) is 21.8 Å². The van der Waals surface area contributed by atoms with E-state index in [1.807, 2.05) is 6.07 Å². The molecule has 132 valence electrons. The van der Waals surface area contributed by atoms with Gasteiger partial charge in [-0.25, -0.2) is 9.37 Å². The van der Waals surface area contributed by atoms with E-state index >= 15 is 0 Å². The average molecular weight is 367 g/mol. The van der Waals surface area contributed by atoms with Crippen molar-refractivity contribution in [1.29, 1.82) is 5.26 Å². The summed E-state index contributed by atoms with van der Waals surface area (Å²) in [5.74, 6) is -2.20. The monoisotopic (exact) mass is 367 g/mol. The maximum Gasteiger partial charge on any atom is 0.187 e. The Morgan fingerprint density at radius 2 is 2.12 bits per heavy atom. The number of nitrogens with one attached hydrogen (secondary N) is 1. The van der Waals surface area contributed by atoms with Gasteiger partial charge < -0.3 is 5.32 Å². The van der Waals surface area contributed by atoms with Gasteiger partial charge in [-0.15, -0.1) is 0 Å². The summed E-state index contributed by atoms with van der Waals surface area (Å²) < 4.78 is 14.8. The van der Waals surface area contributed by atoms with Crippen molar-refractivity contribution in [3.63, 3.8) is 0 Å². The molecule has 0 aliphatic carbocycles. The number of rotatable bonds is 6. The number of aromatic nitrogens is 1. The highest BCUT2D eigenvalue weighted by molar-refractivity contribution is 7.22. The first kappa shape index (κ1) is 18.0. The Morgan fingerprint density at radius 3 is 2.81 bits per heavy atom. The van der Waals surface area contributed by atoms with Crippen LogP contribution in [0, 0.1) is 17.1 Å². The molecule has 0 aliphatic heterocycles. The van der Waals surface area contributed by atoms with Crippen molar-refractivity contribution in [2.75, 3.05) is 5.32 Å². The van der Waals surface area contributed by atoms with E-state index in [2.05, 4.69) is 24.1 Å². The van der Waals surface area contributed by atoms with Crippen molar-refractivity contribution in [3.05, 3.63) is 59.4 Å². The van der Waals surface area contributed by atoms with Crippen LogP contribution in [-0.4, -0.2) is 16.8 Å². The van der Waals surface area contributed by atoms with Gasteiger partial charge in [0, 0.05) is 6.04 Å². The molecule has 2 aromatic carbocycles. The topological polar surface area (TPSA) is 65.8 Å². The number of benzene rings is 2. The predicted octanol–water partition coefficient (Wildman–Crippen LogP) is 5.14. The molecule has 1 N–H and O–H groups in total. The Morgan fingerprint density at radius 1 is 1.35 bits per heavy atom. The van der Waals surface area contributed by atoms with E-state index < -0.39 is 17.5 Å². The van der Waals surface area contributed by atoms with E-state index in [9.17, 15) is 14.4 Å². The van der Waals surface area contributed by atoms with Gasteiger partial charge >= 0.3 is 0 Å². The number of hydrogen-bond donors (Lipinski definition) is 1. The number of thiazole rings is 1. The minimum Gasteiger partial charge on any atom is -0.359 e. The number of hydrogen-bond acceptors (Lipinski definition) is 5. The fourth-order valence-electron chi connectivity index (χ4n) is 2.60. The number of halogens is 1. The second-order valence-electron chi connectivity index (χ2n) is 6.11. The quantitative estimate of drug-likeness (QED) is 0.613. The molecule has 2 atom stereocenters. The number of Topliss-reactive ketones (excluding diaryl/α,β-unsaturated/α-hetero) is 1. The largest absolute Gasteiger partial charge is 0.359 e. The fourth-order valence-corrected chi connectivity index (χ4v) is 3.62. The standard InChI is InChI=1S/C20H18FN3OS/c1-3-12(2)23-20-24-17-9-8-13(10-18(17)26-20)15(11-22)19(25)14-6-4-5-7-16(14)21/h4-10,12,15H,3H2,1-2H3,(H,23,24). The third kappa shape index (κ3) is 3.58. The van der Waals surface area contributed by atoms with Crippen molar-refractivity contribution < 1.29 is 9.18 Å². The molecule has 3 rings (SSSR count). The Kier molecular flexibility index (Phi) is 5.29. The zero-order valence-corrected chi connectivity index (χ0v) is 15.3. The van der Waals surface area contributed by atoms with Crippen LogP contribution in [0.1, 0.15) is 42.1 Å². The molecule has 0 aliphatic rings. The highest BCUT2D eigenvalue weighted by Gasteiger charge is 2.24. The molecule has 2 unspecified atom stereocenters. The average Bonchev–Trinajstić information content (AvgIpc) is 3.04. The summed E-state index contributed by atoms with van der Waals surface area (Å²) in [4.78, 5) is 17.2. The molecule has 26 heavy (non-hydrogen) atoms. The van der Waals surface area contributed by atoms with Crippen LogP contribution in [0.4, 0.5) is 9.52 Å². The van der Waals surface area contributed by atoms with Gasteiger partial charge in [0.1, 0.15) is 11.7 Å². The van der Waals surface area contributed by atoms with Crippen LogP contribution in [-0.2, 0) is 0 Å². The summed E-state index contributed by atoms with van der Waals surface area (Å²) in [7, 11) is 0. The molecular formula is C20H18FN3OS. The van der Waals surface area contributed by atoms with Gasteiger partial charge in [-0.05, 0) is 43.2 Å². The van der Waals surface area contributed by atoms with Gasteiger partial charge in [0.25, 0.3) is 0 Å². The van der Waals surface area contributed by atoms with Gasteiger partial charge in [0.05, 0.1) is 21.8 Å². The third-order valence-electron chi connectivity index (χ3n) is 4.26. The first-order valence-corrected chi connectivity index (χ1v) is 9.20. The molecule has 0 spiro atoms. The number of carbonyl (C=O) groups is 1. The highest BCUT2D eigenvalue weighted by Crippen LogP contribution is 2.31. The Balaban J connectivity index is 1.94. The summed E-state index contributed by atoms with van der Waals surface area (Å²) >= 11 is 1.48. The van der Waals surface area contributed by atoms with Crippen molar-refractivity contribution >= 4 is 32.5 Å². The van der Waals surface area contributed by atoms with Crippen LogP contribution in [0.3, 0.4) is 0 Å². The number of fused-ring (bicyclic) bond motifs is 1. The number of nitrogens with zero attached hydrogens (tertiary/aromatic N) is 2. The maximum absolute atomic E-state index is 13.9. The highest BCUT2D eigenvalue weighted by atomic mass is 32.1. The van der Waals surface area contributed by atoms with E-state index in [4.69, 9.17) is 0 Å². The van der Waals surface area contributed by atoms with Crippen LogP contribution < -0.4 is 5.32 Å². The van der Waals surface area contributed by atoms with Crippen LogP contribution in [0.2, 0.25) is 0 Å². The van der Waals surface area contributed by atoms with Crippen LogP contribution >= 0.6 is 11.3 Å². The summed E-state index contributed by atoms with van der Waals surface area (Å²) in [6.45, 7) is 4.17. The Hall–Kier alpha value is -2.78. The van der Waals surface area contributed by atoms with Crippen LogP contribution in [0.25, 0.3) is 10.2 Å². The molecule has 1 aromatic heterocycles. The van der Waals surface area contributed by atoms with Gasteiger partial charge in [-0.3, -0.25) is 4.79 Å². The normalized spacial score (nSPS) is 13.2. The van der Waals surface area contributed by atoms with Gasteiger partial charge in [0.2, 0.25) is 0 Å². The minimum absolute atomic E-state index is 0.0671. The molecule has 1 heterocycles.